The summed E-state index contributed by atoms with van der Waals surface area (Å²) in [5, 5.41) is 10.6. The molecule has 2 aromatic carbocycles. The van der Waals surface area contributed by atoms with Gasteiger partial charge in [0.15, 0.2) is 5.82 Å². The molecular weight excluding hydrogens is 548 g/mol. The fraction of sp³-hybridized carbons (Fsp3) is 0.208. The molecule has 1 aliphatic carbocycles. The van der Waals surface area contributed by atoms with E-state index in [1.54, 1.807) is 18.2 Å². The summed E-state index contributed by atoms with van der Waals surface area (Å²) in [4.78, 5) is 12.8. The van der Waals surface area contributed by atoms with Crippen molar-refractivity contribution in [3.8, 4) is 11.3 Å². The molecule has 5 rings (SSSR count). The zero-order valence-electron chi connectivity index (χ0n) is 19.4. The average Bonchev–Trinajstić information content (AvgIpc) is 3.64. The number of halogens is 5. The van der Waals surface area contributed by atoms with E-state index in [0.29, 0.717) is 16.8 Å². The van der Waals surface area contributed by atoms with Crippen LogP contribution in [-0.4, -0.2) is 35.1 Å². The van der Waals surface area contributed by atoms with E-state index in [-0.39, 0.29) is 52.1 Å². The van der Waals surface area contributed by atoms with E-state index in [9.17, 15) is 26.0 Å². The van der Waals surface area contributed by atoms with Crippen LogP contribution in [-0.2, 0) is 16.6 Å². The molecule has 0 unspecified atom stereocenters. The maximum absolute atomic E-state index is 13.8. The number of nitrogens with one attached hydrogen (secondary N) is 2. The van der Waals surface area contributed by atoms with Crippen LogP contribution < -0.4 is 15.8 Å². The number of anilines is 2. The Morgan fingerprint density at radius 3 is 2.34 bits per heavy atom. The number of benzene rings is 2. The quantitative estimate of drug-likeness (QED) is 0.261. The van der Waals surface area contributed by atoms with Crippen LogP contribution in [0.1, 0.15) is 18.4 Å². The third-order valence-corrected chi connectivity index (χ3v) is 7.48. The predicted octanol–water partition coefficient (Wildman–Crippen LogP) is 5.25. The van der Waals surface area contributed by atoms with Gasteiger partial charge in [0.2, 0.25) is 16.0 Å². The van der Waals surface area contributed by atoms with E-state index in [1.165, 1.54) is 36.4 Å². The lowest BCUT2D eigenvalue weighted by Gasteiger charge is -2.22. The highest BCUT2D eigenvalue weighted by Gasteiger charge is 2.64. The molecule has 1 fully saturated rings. The Bertz CT molecular complexity index is 1640. The van der Waals surface area contributed by atoms with Gasteiger partial charge in [0.25, 0.3) is 0 Å². The van der Waals surface area contributed by atoms with Crippen molar-refractivity contribution in [3.63, 3.8) is 0 Å². The van der Waals surface area contributed by atoms with Gasteiger partial charge in [-0.1, -0.05) is 17.7 Å². The lowest BCUT2D eigenvalue weighted by Crippen LogP contribution is -2.39. The minimum atomic E-state index is -4.51. The molecule has 0 amide bonds. The zero-order valence-corrected chi connectivity index (χ0v) is 20.9. The molecule has 4 N–H and O–H groups in total. The summed E-state index contributed by atoms with van der Waals surface area (Å²) in [5.74, 6) is -0.576. The summed E-state index contributed by atoms with van der Waals surface area (Å²) in [5.41, 5.74) is -0.327. The first-order chi connectivity index (χ1) is 17.8. The Hall–Kier alpha value is -3.55. The molecule has 0 atom stereocenters. The molecule has 0 bridgehead atoms. The molecule has 1 aliphatic rings. The molecule has 0 aliphatic heterocycles. The zero-order chi connectivity index (χ0) is 27.3. The number of nitrogens with zero attached hydrogens (tertiary/aromatic N) is 3. The number of pyridine rings is 1. The van der Waals surface area contributed by atoms with Crippen molar-refractivity contribution in [1.29, 1.82) is 0 Å². The van der Waals surface area contributed by atoms with Crippen LogP contribution in [0.15, 0.2) is 59.5 Å². The first-order valence-electron chi connectivity index (χ1n) is 11.2. The summed E-state index contributed by atoms with van der Waals surface area (Å²) in [6.45, 7) is 0.0239. The topological polar surface area (TPSA) is 123 Å². The molecule has 14 heteroatoms. The first-order valence-corrected chi connectivity index (χ1v) is 13.1. The minimum absolute atomic E-state index is 0.0126. The largest absolute Gasteiger partial charge is 0.411 e. The second-order valence-electron chi connectivity index (χ2n) is 8.84. The van der Waals surface area contributed by atoms with Crippen LogP contribution >= 0.6 is 11.6 Å². The number of hydrogen-bond donors (Lipinski definition) is 3. The van der Waals surface area contributed by atoms with Crippen LogP contribution in [0.3, 0.4) is 0 Å². The third-order valence-electron chi connectivity index (χ3n) is 6.09. The number of alkyl halides is 3. The SMILES string of the molecule is NS(=O)(=O)c1cc(CNc2nc(NC3(C(F)(F)F)CC3)c3nc(-c4ccc(F)cc4)ccc3n2)ccc1Cl. The second-order valence-corrected chi connectivity index (χ2v) is 10.8. The standard InChI is InChI=1S/C24H19ClF4N6O2S/c25-16-6-1-13(11-19(16)38(30,36)37)12-31-22-33-18-8-7-17(14-2-4-15(26)5-3-14)32-20(18)21(34-22)35-23(9-10-23)24(27,28)29/h1-8,11H,9-10,12H2,(H2,30,36,37)(H2,31,33,34,35). The number of nitrogens with two attached hydrogens (primary N) is 1. The summed E-state index contributed by atoms with van der Waals surface area (Å²) < 4.78 is 78.1. The van der Waals surface area contributed by atoms with Gasteiger partial charge in [-0.05, 0) is 66.9 Å². The van der Waals surface area contributed by atoms with Crippen LogP contribution in [0.4, 0.5) is 29.3 Å². The maximum Gasteiger partial charge on any atom is 0.411 e. The molecule has 0 spiro atoms. The van der Waals surface area contributed by atoms with E-state index in [0.717, 1.165) is 0 Å². The van der Waals surface area contributed by atoms with Crippen molar-refractivity contribution in [3.05, 3.63) is 71.0 Å². The number of hydrogen-bond acceptors (Lipinski definition) is 7. The lowest BCUT2D eigenvalue weighted by molar-refractivity contribution is -0.151. The van der Waals surface area contributed by atoms with Gasteiger partial charge in [-0.25, -0.2) is 27.9 Å². The van der Waals surface area contributed by atoms with Crippen LogP contribution in [0, 0.1) is 5.82 Å². The van der Waals surface area contributed by atoms with E-state index in [2.05, 4.69) is 25.6 Å². The van der Waals surface area contributed by atoms with E-state index < -0.39 is 27.6 Å². The molecule has 0 saturated heterocycles. The fourth-order valence-corrected chi connectivity index (χ4v) is 4.95. The van der Waals surface area contributed by atoms with Gasteiger partial charge >= 0.3 is 6.18 Å². The molecule has 2 aromatic heterocycles. The number of rotatable bonds is 7. The molecule has 38 heavy (non-hydrogen) atoms. The van der Waals surface area contributed by atoms with Gasteiger partial charge in [-0.15, -0.1) is 0 Å². The van der Waals surface area contributed by atoms with E-state index in [1.807, 2.05) is 0 Å². The second kappa shape index (κ2) is 9.33. The molecular formula is C24H19ClF4N6O2S. The highest BCUT2D eigenvalue weighted by Crippen LogP contribution is 2.51. The number of aromatic nitrogens is 3. The van der Waals surface area contributed by atoms with Gasteiger partial charge in [0, 0.05) is 12.1 Å². The van der Waals surface area contributed by atoms with Gasteiger partial charge in [0.1, 0.15) is 21.8 Å². The molecule has 8 nitrogen and oxygen atoms in total. The number of sulfonamides is 1. The highest BCUT2D eigenvalue weighted by atomic mass is 35.5. The van der Waals surface area contributed by atoms with Crippen molar-refractivity contribution < 1.29 is 26.0 Å². The van der Waals surface area contributed by atoms with Gasteiger partial charge in [0.05, 0.1) is 16.2 Å². The van der Waals surface area contributed by atoms with Gasteiger partial charge in [-0.2, -0.15) is 18.2 Å². The monoisotopic (exact) mass is 566 g/mol. The summed E-state index contributed by atoms with van der Waals surface area (Å²) in [6.07, 6.45) is -4.76. The third kappa shape index (κ3) is 5.22. The van der Waals surface area contributed by atoms with Crippen molar-refractivity contribution in [1.82, 2.24) is 15.0 Å². The smallest absolute Gasteiger partial charge is 0.354 e. The van der Waals surface area contributed by atoms with Crippen molar-refractivity contribution in [2.75, 3.05) is 10.6 Å². The maximum atomic E-state index is 13.8. The fourth-order valence-electron chi connectivity index (χ4n) is 3.85. The predicted molar refractivity (Wildman–Crippen MR) is 135 cm³/mol. The van der Waals surface area contributed by atoms with Crippen molar-refractivity contribution in [2.45, 2.75) is 36.0 Å². The highest BCUT2D eigenvalue weighted by molar-refractivity contribution is 7.89. The Balaban J connectivity index is 1.52. The van der Waals surface area contributed by atoms with Gasteiger partial charge in [-0.3, -0.25) is 0 Å². The first kappa shape index (κ1) is 26.1. The van der Waals surface area contributed by atoms with Gasteiger partial charge < -0.3 is 10.6 Å². The van der Waals surface area contributed by atoms with Crippen LogP contribution in [0.2, 0.25) is 5.02 Å². The van der Waals surface area contributed by atoms with Crippen LogP contribution in [0.25, 0.3) is 22.3 Å². The molecule has 198 valence electrons. The Morgan fingerprint density at radius 2 is 1.71 bits per heavy atom. The number of primary sulfonamides is 1. The average molecular weight is 567 g/mol. The van der Waals surface area contributed by atoms with E-state index >= 15 is 0 Å². The summed E-state index contributed by atoms with van der Waals surface area (Å²) >= 11 is 5.92. The summed E-state index contributed by atoms with van der Waals surface area (Å²) in [7, 11) is -4.07. The normalized spacial score (nSPS) is 14.9. The number of fused-ring (bicyclic) bond motifs is 1. The minimum Gasteiger partial charge on any atom is -0.354 e. The summed E-state index contributed by atoms with van der Waals surface area (Å²) in [6, 6.07) is 12.9. The Morgan fingerprint density at radius 1 is 1.00 bits per heavy atom. The van der Waals surface area contributed by atoms with E-state index in [4.69, 9.17) is 16.7 Å². The van der Waals surface area contributed by atoms with Crippen LogP contribution in [0.5, 0.6) is 0 Å². The Kier molecular flexibility index (Phi) is 6.40. The van der Waals surface area contributed by atoms with Crippen molar-refractivity contribution in [2.24, 2.45) is 5.14 Å². The lowest BCUT2D eigenvalue weighted by atomic mass is 10.1. The van der Waals surface area contributed by atoms with Crippen molar-refractivity contribution >= 4 is 44.4 Å². The molecule has 2 heterocycles. The molecule has 1 saturated carbocycles. The molecule has 4 aromatic rings. The molecule has 0 radical (unpaired) electrons. The Labute approximate surface area is 219 Å².